The molecule has 1 aromatic carbocycles. The first kappa shape index (κ1) is 11.2. The van der Waals surface area contributed by atoms with E-state index in [4.69, 9.17) is 9.84 Å². The van der Waals surface area contributed by atoms with Crippen LogP contribution >= 0.6 is 0 Å². The summed E-state index contributed by atoms with van der Waals surface area (Å²) >= 11 is 0. The van der Waals surface area contributed by atoms with Gasteiger partial charge in [-0.2, -0.15) is 0 Å². The summed E-state index contributed by atoms with van der Waals surface area (Å²) in [7, 11) is 1.61. The molecule has 1 heterocycles. The summed E-state index contributed by atoms with van der Waals surface area (Å²) in [5.74, 6) is -0.248. The SMILES string of the molecule is COc1ccccc1Cn1cnc(C(=O)O)c1. The fourth-order valence-corrected chi connectivity index (χ4v) is 1.59. The van der Waals surface area contributed by atoms with E-state index in [9.17, 15) is 4.79 Å². The predicted octanol–water partition coefficient (Wildman–Crippen LogP) is 1.64. The number of hydrogen-bond acceptors (Lipinski definition) is 3. The molecule has 0 aliphatic rings. The number of imidazole rings is 1. The van der Waals surface area contributed by atoms with Gasteiger partial charge in [0.25, 0.3) is 0 Å². The molecule has 1 aromatic heterocycles. The molecule has 0 saturated carbocycles. The van der Waals surface area contributed by atoms with Crippen molar-refractivity contribution in [3.05, 3.63) is 48.0 Å². The largest absolute Gasteiger partial charge is 0.496 e. The Balaban J connectivity index is 2.22. The van der Waals surface area contributed by atoms with Gasteiger partial charge in [0.05, 0.1) is 20.0 Å². The lowest BCUT2D eigenvalue weighted by Crippen LogP contribution is -2.00. The van der Waals surface area contributed by atoms with Gasteiger partial charge in [-0.1, -0.05) is 18.2 Å². The number of hydrogen-bond donors (Lipinski definition) is 1. The normalized spacial score (nSPS) is 10.2. The minimum atomic E-state index is -1.02. The van der Waals surface area contributed by atoms with Crippen LogP contribution in [-0.2, 0) is 6.54 Å². The maximum Gasteiger partial charge on any atom is 0.356 e. The molecule has 0 fully saturated rings. The van der Waals surface area contributed by atoms with Crippen LogP contribution in [0.15, 0.2) is 36.8 Å². The molecule has 5 nitrogen and oxygen atoms in total. The van der Waals surface area contributed by atoms with Gasteiger partial charge in [0, 0.05) is 11.8 Å². The van der Waals surface area contributed by atoms with E-state index >= 15 is 0 Å². The highest BCUT2D eigenvalue weighted by atomic mass is 16.5. The highest BCUT2D eigenvalue weighted by molar-refractivity contribution is 5.84. The summed E-state index contributed by atoms with van der Waals surface area (Å²) in [6, 6.07) is 7.59. The molecular weight excluding hydrogens is 220 g/mol. The number of rotatable bonds is 4. The zero-order valence-electron chi connectivity index (χ0n) is 9.33. The van der Waals surface area contributed by atoms with Crippen LogP contribution in [0.5, 0.6) is 5.75 Å². The standard InChI is InChI=1S/C12H12N2O3/c1-17-11-5-3-2-4-9(11)6-14-7-10(12(15)16)13-8-14/h2-5,7-8H,6H2,1H3,(H,15,16). The van der Waals surface area contributed by atoms with Crippen LogP contribution in [0.3, 0.4) is 0 Å². The number of carbonyl (C=O) groups is 1. The van der Waals surface area contributed by atoms with Gasteiger partial charge in [-0.15, -0.1) is 0 Å². The molecule has 0 unspecified atom stereocenters. The Hall–Kier alpha value is -2.30. The molecule has 0 radical (unpaired) electrons. The molecule has 0 saturated heterocycles. The number of aromatic nitrogens is 2. The summed E-state index contributed by atoms with van der Waals surface area (Å²) in [6.45, 7) is 0.532. The second-order valence-corrected chi connectivity index (χ2v) is 3.55. The second-order valence-electron chi connectivity index (χ2n) is 3.55. The highest BCUT2D eigenvalue weighted by Crippen LogP contribution is 2.18. The zero-order valence-corrected chi connectivity index (χ0v) is 9.33. The van der Waals surface area contributed by atoms with Crippen LogP contribution in [0.25, 0.3) is 0 Å². The molecule has 5 heteroatoms. The van der Waals surface area contributed by atoms with Crippen molar-refractivity contribution in [2.75, 3.05) is 7.11 Å². The van der Waals surface area contributed by atoms with Gasteiger partial charge < -0.3 is 14.4 Å². The average molecular weight is 232 g/mol. The minimum Gasteiger partial charge on any atom is -0.496 e. The molecule has 0 aliphatic heterocycles. The molecule has 2 aromatic rings. The van der Waals surface area contributed by atoms with E-state index in [1.807, 2.05) is 24.3 Å². The Morgan fingerprint density at radius 1 is 1.47 bits per heavy atom. The Morgan fingerprint density at radius 2 is 2.24 bits per heavy atom. The van der Waals surface area contributed by atoms with Crippen molar-refractivity contribution in [2.24, 2.45) is 0 Å². The van der Waals surface area contributed by atoms with Crippen molar-refractivity contribution < 1.29 is 14.6 Å². The van der Waals surface area contributed by atoms with Gasteiger partial charge in [0.15, 0.2) is 5.69 Å². The van der Waals surface area contributed by atoms with Gasteiger partial charge in [-0.25, -0.2) is 9.78 Å². The van der Waals surface area contributed by atoms with E-state index in [-0.39, 0.29) is 5.69 Å². The topological polar surface area (TPSA) is 64.4 Å². The third-order valence-electron chi connectivity index (χ3n) is 2.40. The minimum absolute atomic E-state index is 0.0416. The lowest BCUT2D eigenvalue weighted by Gasteiger charge is -2.08. The van der Waals surface area contributed by atoms with Crippen molar-refractivity contribution in [1.29, 1.82) is 0 Å². The monoisotopic (exact) mass is 232 g/mol. The first-order chi connectivity index (χ1) is 8.20. The summed E-state index contributed by atoms with van der Waals surface area (Å²) in [5.41, 5.74) is 1.02. The molecule has 0 atom stereocenters. The van der Waals surface area contributed by atoms with Crippen molar-refractivity contribution in [3.63, 3.8) is 0 Å². The van der Waals surface area contributed by atoms with E-state index in [0.29, 0.717) is 6.54 Å². The Bertz CT molecular complexity index is 534. The molecule has 88 valence electrons. The van der Waals surface area contributed by atoms with Gasteiger partial charge in [0.1, 0.15) is 5.75 Å². The van der Waals surface area contributed by atoms with Crippen molar-refractivity contribution in [3.8, 4) is 5.75 Å². The average Bonchev–Trinajstić information content (AvgIpc) is 2.78. The van der Waals surface area contributed by atoms with E-state index < -0.39 is 5.97 Å². The van der Waals surface area contributed by atoms with E-state index in [2.05, 4.69) is 4.98 Å². The zero-order chi connectivity index (χ0) is 12.3. The lowest BCUT2D eigenvalue weighted by atomic mass is 10.2. The number of nitrogens with zero attached hydrogens (tertiary/aromatic N) is 2. The number of carboxylic acids is 1. The van der Waals surface area contributed by atoms with Gasteiger partial charge in [0.2, 0.25) is 0 Å². The summed E-state index contributed by atoms with van der Waals surface area (Å²) in [6.07, 6.45) is 2.99. The molecule has 2 rings (SSSR count). The molecule has 0 bridgehead atoms. The Kier molecular flexibility index (Phi) is 3.09. The number of aromatic carboxylic acids is 1. The predicted molar refractivity (Wildman–Crippen MR) is 61.3 cm³/mol. The lowest BCUT2D eigenvalue weighted by molar-refractivity contribution is 0.0691. The fraction of sp³-hybridized carbons (Fsp3) is 0.167. The van der Waals surface area contributed by atoms with Crippen molar-refractivity contribution in [2.45, 2.75) is 6.54 Å². The van der Waals surface area contributed by atoms with Crippen LogP contribution in [0.4, 0.5) is 0 Å². The van der Waals surface area contributed by atoms with E-state index in [0.717, 1.165) is 11.3 Å². The van der Waals surface area contributed by atoms with Crippen LogP contribution in [-0.4, -0.2) is 27.7 Å². The molecule has 1 N–H and O–H groups in total. The highest BCUT2D eigenvalue weighted by Gasteiger charge is 2.08. The van der Waals surface area contributed by atoms with E-state index in [1.165, 1.54) is 12.5 Å². The van der Waals surface area contributed by atoms with Gasteiger partial charge in [-0.05, 0) is 6.07 Å². The van der Waals surface area contributed by atoms with Crippen LogP contribution in [0.2, 0.25) is 0 Å². The number of carboxylic acid groups (broad SMARTS) is 1. The second kappa shape index (κ2) is 4.69. The first-order valence-electron chi connectivity index (χ1n) is 5.07. The Morgan fingerprint density at radius 3 is 2.88 bits per heavy atom. The van der Waals surface area contributed by atoms with Crippen LogP contribution in [0, 0.1) is 0 Å². The Labute approximate surface area is 98.3 Å². The first-order valence-corrected chi connectivity index (χ1v) is 5.07. The number of para-hydroxylation sites is 1. The quantitative estimate of drug-likeness (QED) is 0.870. The third kappa shape index (κ3) is 2.44. The van der Waals surface area contributed by atoms with Crippen LogP contribution in [0.1, 0.15) is 16.1 Å². The van der Waals surface area contributed by atoms with Gasteiger partial charge in [-0.3, -0.25) is 0 Å². The smallest absolute Gasteiger partial charge is 0.356 e. The van der Waals surface area contributed by atoms with Crippen molar-refractivity contribution >= 4 is 5.97 Å². The number of benzene rings is 1. The molecule has 17 heavy (non-hydrogen) atoms. The van der Waals surface area contributed by atoms with Crippen LogP contribution < -0.4 is 4.74 Å². The van der Waals surface area contributed by atoms with E-state index in [1.54, 1.807) is 11.7 Å². The third-order valence-corrected chi connectivity index (χ3v) is 2.40. The molecule has 0 aliphatic carbocycles. The molecule has 0 spiro atoms. The molecular formula is C12H12N2O3. The van der Waals surface area contributed by atoms with Gasteiger partial charge >= 0.3 is 5.97 Å². The maximum absolute atomic E-state index is 10.7. The maximum atomic E-state index is 10.7. The molecule has 0 amide bonds. The number of methoxy groups -OCH3 is 1. The summed E-state index contributed by atoms with van der Waals surface area (Å²) in [5, 5.41) is 8.76. The summed E-state index contributed by atoms with van der Waals surface area (Å²) < 4.78 is 6.93. The fourth-order valence-electron chi connectivity index (χ4n) is 1.59. The number of ether oxygens (including phenoxy) is 1. The summed E-state index contributed by atoms with van der Waals surface area (Å²) in [4.78, 5) is 14.5. The van der Waals surface area contributed by atoms with Crippen molar-refractivity contribution in [1.82, 2.24) is 9.55 Å².